The second kappa shape index (κ2) is 7.72. The van der Waals surface area contributed by atoms with E-state index in [0.29, 0.717) is 11.9 Å². The minimum atomic E-state index is -1.13. The van der Waals surface area contributed by atoms with Gasteiger partial charge in [-0.15, -0.1) is 10.2 Å². The van der Waals surface area contributed by atoms with Gasteiger partial charge in [0.2, 0.25) is 0 Å². The van der Waals surface area contributed by atoms with Gasteiger partial charge < -0.3 is 9.30 Å². The molecule has 1 aromatic carbocycles. The number of hydrogen-bond acceptors (Lipinski definition) is 3. The first-order valence-corrected chi connectivity index (χ1v) is 7.84. The highest BCUT2D eigenvalue weighted by atomic mass is 19.1. The Morgan fingerprint density at radius 3 is 2.54 bits per heavy atom. The number of benzene rings is 1. The topological polar surface area (TPSA) is 39.9 Å². The van der Waals surface area contributed by atoms with Crippen LogP contribution >= 0.6 is 0 Å². The maximum Gasteiger partial charge on any atom is 0.176 e. The highest BCUT2D eigenvalue weighted by Crippen LogP contribution is 2.29. The first-order valence-electron chi connectivity index (χ1n) is 7.84. The predicted octanol–water partition coefficient (Wildman–Crippen LogP) is 4.68. The van der Waals surface area contributed by atoms with E-state index < -0.39 is 28.9 Å². The number of allylic oxidation sites excluding steroid dienone is 4. The molecular formula is C18H19F4N3O. The van der Waals surface area contributed by atoms with Crippen molar-refractivity contribution in [3.8, 4) is 5.75 Å². The molecule has 0 radical (unpaired) electrons. The Hall–Kier alpha value is -2.64. The monoisotopic (exact) mass is 369 g/mol. The van der Waals surface area contributed by atoms with Crippen LogP contribution in [0.3, 0.4) is 0 Å². The highest BCUT2D eigenvalue weighted by molar-refractivity contribution is 5.26. The first-order chi connectivity index (χ1) is 12.1. The molecule has 140 valence electrons. The Morgan fingerprint density at radius 2 is 1.92 bits per heavy atom. The largest absolute Gasteiger partial charge is 0.477 e. The molecule has 0 aliphatic rings. The molecule has 0 saturated heterocycles. The van der Waals surface area contributed by atoms with Gasteiger partial charge >= 0.3 is 0 Å². The summed E-state index contributed by atoms with van der Waals surface area (Å²) in [5.41, 5.74) is -1.13. The van der Waals surface area contributed by atoms with Crippen molar-refractivity contribution in [2.75, 3.05) is 0 Å². The normalized spacial score (nSPS) is 13.2. The number of rotatable bonds is 6. The van der Waals surface area contributed by atoms with E-state index in [0.717, 1.165) is 18.2 Å². The van der Waals surface area contributed by atoms with Gasteiger partial charge in [-0.3, -0.25) is 0 Å². The minimum Gasteiger partial charge on any atom is -0.477 e. The lowest BCUT2D eigenvalue weighted by atomic mass is 10.1. The van der Waals surface area contributed by atoms with Crippen molar-refractivity contribution in [3.05, 3.63) is 65.3 Å². The Balaban J connectivity index is 2.25. The van der Waals surface area contributed by atoms with Crippen molar-refractivity contribution in [1.82, 2.24) is 14.8 Å². The zero-order valence-corrected chi connectivity index (χ0v) is 14.9. The molecule has 2 rings (SSSR count). The smallest absolute Gasteiger partial charge is 0.176 e. The summed E-state index contributed by atoms with van der Waals surface area (Å²) in [5, 5.41) is 7.86. The zero-order valence-electron chi connectivity index (χ0n) is 14.9. The fourth-order valence-corrected chi connectivity index (χ4v) is 2.35. The Bertz CT molecular complexity index is 856. The molecule has 4 nitrogen and oxygen atoms in total. The lowest BCUT2D eigenvalue weighted by molar-refractivity contribution is 0.0889. The van der Waals surface area contributed by atoms with Crippen LogP contribution in [0, 0.1) is 11.6 Å². The molecule has 0 aliphatic heterocycles. The van der Waals surface area contributed by atoms with E-state index in [1.54, 1.807) is 20.9 Å². The average Bonchev–Trinajstić information content (AvgIpc) is 2.91. The third kappa shape index (κ3) is 4.50. The molecule has 0 unspecified atom stereocenters. The van der Waals surface area contributed by atoms with Crippen molar-refractivity contribution in [2.24, 2.45) is 7.05 Å². The van der Waals surface area contributed by atoms with Crippen LogP contribution in [0.2, 0.25) is 0 Å². The molecule has 0 fully saturated rings. The summed E-state index contributed by atoms with van der Waals surface area (Å²) >= 11 is 0. The van der Waals surface area contributed by atoms with Crippen LogP contribution < -0.4 is 4.74 Å². The summed E-state index contributed by atoms with van der Waals surface area (Å²) in [4.78, 5) is 0. The molecule has 0 bridgehead atoms. The van der Waals surface area contributed by atoms with Crippen molar-refractivity contribution in [3.63, 3.8) is 0 Å². The van der Waals surface area contributed by atoms with Crippen molar-refractivity contribution in [2.45, 2.75) is 32.8 Å². The second-order valence-electron chi connectivity index (χ2n) is 6.13. The van der Waals surface area contributed by atoms with Gasteiger partial charge in [0, 0.05) is 19.2 Å². The van der Waals surface area contributed by atoms with E-state index in [9.17, 15) is 17.6 Å². The molecule has 0 aliphatic carbocycles. The number of halogens is 4. The highest BCUT2D eigenvalue weighted by Gasteiger charge is 2.30. The van der Waals surface area contributed by atoms with Crippen LogP contribution in [-0.2, 0) is 19.1 Å². The van der Waals surface area contributed by atoms with Gasteiger partial charge in [0.25, 0.3) is 0 Å². The Labute approximate surface area is 148 Å². The fourth-order valence-electron chi connectivity index (χ4n) is 2.35. The molecule has 2 aromatic rings. The lowest BCUT2D eigenvalue weighted by Gasteiger charge is -2.25. The van der Waals surface area contributed by atoms with Crippen LogP contribution in [0.25, 0.3) is 0 Å². The van der Waals surface area contributed by atoms with E-state index in [1.165, 1.54) is 17.6 Å². The summed E-state index contributed by atoms with van der Waals surface area (Å²) in [6, 6.07) is 2.96. The quantitative estimate of drug-likeness (QED) is 0.548. The van der Waals surface area contributed by atoms with E-state index in [1.807, 2.05) is 0 Å². The summed E-state index contributed by atoms with van der Waals surface area (Å²) < 4.78 is 60.9. The van der Waals surface area contributed by atoms with Gasteiger partial charge in [0.05, 0.1) is 6.42 Å². The zero-order chi connectivity index (χ0) is 19.5. The van der Waals surface area contributed by atoms with Crippen LogP contribution in [0.15, 0.2) is 42.0 Å². The first kappa shape index (κ1) is 19.7. The van der Waals surface area contributed by atoms with Gasteiger partial charge in [-0.05, 0) is 32.9 Å². The molecule has 0 amide bonds. The molecule has 0 N–H and O–H groups in total. The third-order valence-electron chi connectivity index (χ3n) is 3.66. The van der Waals surface area contributed by atoms with Gasteiger partial charge in [-0.25, -0.2) is 17.6 Å². The summed E-state index contributed by atoms with van der Waals surface area (Å²) in [6.07, 6.45) is 1.64. The van der Waals surface area contributed by atoms with Crippen LogP contribution in [-0.4, -0.2) is 14.8 Å². The van der Waals surface area contributed by atoms with Gasteiger partial charge in [0.1, 0.15) is 23.3 Å². The molecule has 8 heteroatoms. The maximum atomic E-state index is 13.8. The van der Waals surface area contributed by atoms with Gasteiger partial charge in [-0.1, -0.05) is 6.08 Å². The summed E-state index contributed by atoms with van der Waals surface area (Å²) in [5.74, 6) is -2.58. The van der Waals surface area contributed by atoms with Gasteiger partial charge in [0.15, 0.2) is 23.0 Å². The molecular weight excluding hydrogens is 350 g/mol. The molecule has 0 atom stereocenters. The number of aromatic nitrogens is 3. The van der Waals surface area contributed by atoms with Crippen molar-refractivity contribution in [1.29, 1.82) is 0 Å². The number of nitrogens with zero attached hydrogens (tertiary/aromatic N) is 3. The van der Waals surface area contributed by atoms with Crippen LogP contribution in [0.5, 0.6) is 5.75 Å². The molecule has 1 aromatic heterocycles. The van der Waals surface area contributed by atoms with E-state index in [4.69, 9.17) is 4.74 Å². The number of ether oxygens (including phenoxy) is 1. The molecule has 0 saturated carbocycles. The molecule has 1 heterocycles. The summed E-state index contributed by atoms with van der Waals surface area (Å²) in [7, 11) is 1.59. The Kier molecular flexibility index (Phi) is 5.84. The maximum absolute atomic E-state index is 13.8. The Morgan fingerprint density at radius 1 is 1.23 bits per heavy atom. The average molecular weight is 369 g/mol. The van der Waals surface area contributed by atoms with Crippen LogP contribution in [0.4, 0.5) is 17.6 Å². The minimum absolute atomic E-state index is 0.151. The molecule has 0 spiro atoms. The fraction of sp³-hybridized carbons (Fsp3) is 0.333. The van der Waals surface area contributed by atoms with Crippen molar-refractivity contribution < 1.29 is 22.3 Å². The van der Waals surface area contributed by atoms with E-state index >= 15 is 0 Å². The number of hydrogen-bond donors (Lipinski definition) is 0. The summed E-state index contributed by atoms with van der Waals surface area (Å²) in [6.45, 7) is 4.69. The second-order valence-corrected chi connectivity index (χ2v) is 6.13. The van der Waals surface area contributed by atoms with Gasteiger partial charge in [-0.2, -0.15) is 0 Å². The molecule has 26 heavy (non-hydrogen) atoms. The third-order valence-corrected chi connectivity index (χ3v) is 3.66. The van der Waals surface area contributed by atoms with Crippen LogP contribution in [0.1, 0.15) is 32.4 Å². The van der Waals surface area contributed by atoms with E-state index in [-0.39, 0.29) is 18.0 Å². The SMILES string of the molecule is C/C=C(F)\C=C(\F)Cc1nnc(C(C)(C)Oc2ccc(F)cc2F)n1C. The standard InChI is InChI=1S/C18H19F4N3O/c1-5-11(19)8-13(21)10-16-23-24-17(25(16)4)18(2,3)26-15-7-6-12(20)9-14(15)22/h5-9H,10H2,1-4H3/b11-5+,13-8+. The van der Waals surface area contributed by atoms with Crippen molar-refractivity contribution >= 4 is 0 Å². The lowest BCUT2D eigenvalue weighted by Crippen LogP contribution is -2.29. The predicted molar refractivity (Wildman–Crippen MR) is 88.8 cm³/mol. The van der Waals surface area contributed by atoms with E-state index in [2.05, 4.69) is 10.2 Å².